The van der Waals surface area contributed by atoms with Crippen LogP contribution >= 0.6 is 11.6 Å². The lowest BCUT2D eigenvalue weighted by Gasteiger charge is -2.24. The molecule has 3 N–H and O–H groups in total. The number of carbonyl (C=O) groups excluding carboxylic acids is 2. The fourth-order valence-corrected chi connectivity index (χ4v) is 2.81. The monoisotopic (exact) mass is 389 g/mol. The Kier molecular flexibility index (Phi) is 7.64. The summed E-state index contributed by atoms with van der Waals surface area (Å²) in [7, 11) is 1.58. The summed E-state index contributed by atoms with van der Waals surface area (Å²) in [5.74, 6) is 0.399. The smallest absolute Gasteiger partial charge is 0.254 e. The van der Waals surface area contributed by atoms with Crippen LogP contribution in [0, 0.1) is 0 Å². The van der Waals surface area contributed by atoms with Crippen molar-refractivity contribution in [3.8, 4) is 5.75 Å². The van der Waals surface area contributed by atoms with Crippen molar-refractivity contribution in [2.75, 3.05) is 25.5 Å². The first-order valence-electron chi connectivity index (χ1n) is 8.64. The van der Waals surface area contributed by atoms with Gasteiger partial charge in [-0.1, -0.05) is 11.6 Å². The van der Waals surface area contributed by atoms with E-state index in [1.165, 1.54) is 6.92 Å². The first-order valence-corrected chi connectivity index (χ1v) is 9.01. The number of rotatable bonds is 8. The van der Waals surface area contributed by atoms with E-state index >= 15 is 0 Å². The molecular weight excluding hydrogens is 366 g/mol. The quantitative estimate of drug-likeness (QED) is 0.725. The van der Waals surface area contributed by atoms with E-state index in [2.05, 4.69) is 5.32 Å². The van der Waals surface area contributed by atoms with E-state index in [-0.39, 0.29) is 11.8 Å². The Hall–Kier alpha value is -2.57. The number of amides is 2. The minimum atomic E-state index is -0.169. The molecule has 0 unspecified atom stereocenters. The summed E-state index contributed by atoms with van der Waals surface area (Å²) in [5.41, 5.74) is 7.57. The molecule has 0 bridgehead atoms. The van der Waals surface area contributed by atoms with Crippen LogP contribution in [-0.4, -0.2) is 36.9 Å². The van der Waals surface area contributed by atoms with Gasteiger partial charge in [0.25, 0.3) is 5.91 Å². The number of ether oxygens (including phenoxy) is 1. The van der Waals surface area contributed by atoms with Gasteiger partial charge in [0.05, 0.1) is 7.11 Å². The highest BCUT2D eigenvalue weighted by molar-refractivity contribution is 6.31. The van der Waals surface area contributed by atoms with Crippen LogP contribution < -0.4 is 15.8 Å². The summed E-state index contributed by atoms with van der Waals surface area (Å²) >= 11 is 6.31. The lowest BCUT2D eigenvalue weighted by atomic mass is 10.1. The maximum absolute atomic E-state index is 13.0. The van der Waals surface area contributed by atoms with Crippen molar-refractivity contribution in [2.45, 2.75) is 19.9 Å². The minimum absolute atomic E-state index is 0.118. The van der Waals surface area contributed by atoms with Gasteiger partial charge in [-0.2, -0.15) is 0 Å². The maximum atomic E-state index is 13.0. The van der Waals surface area contributed by atoms with Gasteiger partial charge in [0, 0.05) is 36.3 Å². The molecule has 2 rings (SSSR count). The van der Waals surface area contributed by atoms with E-state index in [4.69, 9.17) is 22.1 Å². The highest BCUT2D eigenvalue weighted by Crippen LogP contribution is 2.23. The molecule has 0 spiro atoms. The predicted octanol–water partition coefficient (Wildman–Crippen LogP) is 3.30. The van der Waals surface area contributed by atoms with Gasteiger partial charge in [-0.05, 0) is 61.0 Å². The Morgan fingerprint density at radius 1 is 1.19 bits per heavy atom. The average Bonchev–Trinajstić information content (AvgIpc) is 2.66. The van der Waals surface area contributed by atoms with Gasteiger partial charge in [-0.15, -0.1) is 0 Å². The molecule has 2 amide bonds. The second-order valence-electron chi connectivity index (χ2n) is 6.08. The number of nitrogens with two attached hydrogens (primary N) is 1. The van der Waals surface area contributed by atoms with Crippen LogP contribution in [0.3, 0.4) is 0 Å². The molecule has 0 heterocycles. The predicted molar refractivity (Wildman–Crippen MR) is 107 cm³/mol. The van der Waals surface area contributed by atoms with E-state index in [0.29, 0.717) is 48.1 Å². The molecule has 0 fully saturated rings. The van der Waals surface area contributed by atoms with Crippen LogP contribution in [-0.2, 0) is 11.3 Å². The van der Waals surface area contributed by atoms with E-state index in [1.54, 1.807) is 54.5 Å². The molecule has 2 aromatic rings. The summed E-state index contributed by atoms with van der Waals surface area (Å²) in [6.45, 7) is 2.74. The Morgan fingerprint density at radius 2 is 1.89 bits per heavy atom. The zero-order chi connectivity index (χ0) is 19.8. The molecule has 0 radical (unpaired) electrons. The summed E-state index contributed by atoms with van der Waals surface area (Å²) in [5, 5.41) is 3.26. The fraction of sp³-hybridized carbons (Fsp3) is 0.300. The molecule has 7 heteroatoms. The molecule has 0 aliphatic heterocycles. The number of hydrogen-bond acceptors (Lipinski definition) is 4. The molecule has 6 nitrogen and oxygen atoms in total. The molecule has 27 heavy (non-hydrogen) atoms. The maximum Gasteiger partial charge on any atom is 0.254 e. The Morgan fingerprint density at radius 3 is 2.48 bits per heavy atom. The molecule has 0 aromatic heterocycles. The van der Waals surface area contributed by atoms with Gasteiger partial charge in [0.2, 0.25) is 5.91 Å². The molecule has 2 aromatic carbocycles. The number of nitrogens with one attached hydrogen (secondary N) is 1. The number of anilines is 1. The van der Waals surface area contributed by atoms with Crippen molar-refractivity contribution >= 4 is 29.1 Å². The highest BCUT2D eigenvalue weighted by atomic mass is 35.5. The van der Waals surface area contributed by atoms with Crippen LogP contribution in [0.25, 0.3) is 0 Å². The van der Waals surface area contributed by atoms with Gasteiger partial charge < -0.3 is 20.7 Å². The zero-order valence-electron chi connectivity index (χ0n) is 15.5. The summed E-state index contributed by atoms with van der Waals surface area (Å²) in [6, 6.07) is 12.2. The van der Waals surface area contributed by atoms with E-state index in [0.717, 1.165) is 5.56 Å². The third kappa shape index (κ3) is 5.98. The second kappa shape index (κ2) is 9.94. The number of benzene rings is 2. The zero-order valence-corrected chi connectivity index (χ0v) is 16.3. The fourth-order valence-electron chi connectivity index (χ4n) is 2.63. The van der Waals surface area contributed by atoms with Crippen molar-refractivity contribution in [2.24, 2.45) is 5.73 Å². The number of hydrogen-bond donors (Lipinski definition) is 2. The third-order valence-electron chi connectivity index (χ3n) is 3.98. The van der Waals surface area contributed by atoms with Crippen LogP contribution in [0.1, 0.15) is 29.3 Å². The number of carbonyl (C=O) groups is 2. The normalized spacial score (nSPS) is 10.4. The lowest BCUT2D eigenvalue weighted by molar-refractivity contribution is -0.114. The standard InChI is InChI=1S/C20H24ClN3O3/c1-14(25)23-17-6-9-19(21)16(12-17)13-24(11-3-10-22)20(26)15-4-7-18(27-2)8-5-15/h4-9,12H,3,10-11,13,22H2,1-2H3,(H,23,25). The van der Waals surface area contributed by atoms with Gasteiger partial charge in [0.1, 0.15) is 5.75 Å². The summed E-state index contributed by atoms with van der Waals surface area (Å²) in [6.07, 6.45) is 0.672. The molecule has 0 saturated carbocycles. The van der Waals surface area contributed by atoms with E-state index in [9.17, 15) is 9.59 Å². The van der Waals surface area contributed by atoms with E-state index in [1.807, 2.05) is 0 Å². The average molecular weight is 390 g/mol. The van der Waals surface area contributed by atoms with E-state index < -0.39 is 0 Å². The lowest BCUT2D eigenvalue weighted by Crippen LogP contribution is -2.32. The van der Waals surface area contributed by atoms with Crippen LogP contribution in [0.15, 0.2) is 42.5 Å². The van der Waals surface area contributed by atoms with Crippen molar-refractivity contribution in [1.82, 2.24) is 4.90 Å². The first kappa shape index (κ1) is 20.7. The summed E-state index contributed by atoms with van der Waals surface area (Å²) < 4.78 is 5.14. The minimum Gasteiger partial charge on any atom is -0.497 e. The first-order chi connectivity index (χ1) is 12.9. The summed E-state index contributed by atoms with van der Waals surface area (Å²) in [4.78, 5) is 25.9. The topological polar surface area (TPSA) is 84.7 Å². The largest absolute Gasteiger partial charge is 0.497 e. The van der Waals surface area contributed by atoms with Gasteiger partial charge in [-0.3, -0.25) is 9.59 Å². The van der Waals surface area contributed by atoms with Gasteiger partial charge in [-0.25, -0.2) is 0 Å². The van der Waals surface area contributed by atoms with Crippen molar-refractivity contribution in [3.63, 3.8) is 0 Å². The molecule has 0 aliphatic rings. The van der Waals surface area contributed by atoms with Crippen molar-refractivity contribution < 1.29 is 14.3 Å². The Labute approximate surface area is 164 Å². The third-order valence-corrected chi connectivity index (χ3v) is 4.35. The molecular formula is C20H24ClN3O3. The molecule has 0 saturated heterocycles. The van der Waals surface area contributed by atoms with Crippen molar-refractivity contribution in [1.29, 1.82) is 0 Å². The second-order valence-corrected chi connectivity index (χ2v) is 6.49. The molecule has 0 atom stereocenters. The van der Waals surface area contributed by atoms with Gasteiger partial charge >= 0.3 is 0 Å². The van der Waals surface area contributed by atoms with Crippen LogP contribution in [0.2, 0.25) is 5.02 Å². The number of halogens is 1. The SMILES string of the molecule is COc1ccc(C(=O)N(CCCN)Cc2cc(NC(C)=O)ccc2Cl)cc1. The van der Waals surface area contributed by atoms with Crippen LogP contribution in [0.4, 0.5) is 5.69 Å². The Balaban J connectivity index is 2.25. The molecule has 0 aliphatic carbocycles. The number of nitrogens with zero attached hydrogens (tertiary/aromatic N) is 1. The number of methoxy groups -OCH3 is 1. The molecule has 144 valence electrons. The highest BCUT2D eigenvalue weighted by Gasteiger charge is 2.17. The van der Waals surface area contributed by atoms with Crippen LogP contribution in [0.5, 0.6) is 5.75 Å². The van der Waals surface area contributed by atoms with Crippen molar-refractivity contribution in [3.05, 3.63) is 58.6 Å². The van der Waals surface area contributed by atoms with Gasteiger partial charge in [0.15, 0.2) is 0 Å². The Bertz CT molecular complexity index is 794.